The molecule has 0 aromatic carbocycles. The predicted octanol–water partition coefficient (Wildman–Crippen LogP) is 2.00. The fourth-order valence-corrected chi connectivity index (χ4v) is 2.96. The van der Waals surface area contributed by atoms with Gasteiger partial charge in [0.15, 0.2) is 6.29 Å². The minimum Gasteiger partial charge on any atom is -0.353 e. The number of hydrogen-bond donors (Lipinski definition) is 0. The number of aromatic nitrogens is 2. The molecule has 1 atom stereocenters. The first-order valence-electron chi connectivity index (χ1n) is 6.50. The third kappa shape index (κ3) is 2.86. The van der Waals surface area contributed by atoms with Crippen LogP contribution in [0.3, 0.4) is 0 Å². The summed E-state index contributed by atoms with van der Waals surface area (Å²) in [5.74, 6) is 0. The Labute approximate surface area is 114 Å². The largest absolute Gasteiger partial charge is 0.353 e. The van der Waals surface area contributed by atoms with Gasteiger partial charge in [0.25, 0.3) is 5.56 Å². The Kier molecular flexibility index (Phi) is 3.91. The summed E-state index contributed by atoms with van der Waals surface area (Å²) >= 11 is 1.43. The van der Waals surface area contributed by atoms with E-state index < -0.39 is 0 Å². The van der Waals surface area contributed by atoms with E-state index in [0.717, 1.165) is 31.4 Å². The lowest BCUT2D eigenvalue weighted by atomic mass is 10.2. The Hall–Kier alpha value is -1.24. The van der Waals surface area contributed by atoms with Crippen LogP contribution < -0.4 is 5.56 Å². The van der Waals surface area contributed by atoms with Gasteiger partial charge in [0, 0.05) is 6.61 Å². The zero-order valence-corrected chi connectivity index (χ0v) is 11.4. The molecule has 3 heterocycles. The summed E-state index contributed by atoms with van der Waals surface area (Å²) in [7, 11) is 0. The van der Waals surface area contributed by atoms with Gasteiger partial charge in [-0.2, -0.15) is 0 Å². The van der Waals surface area contributed by atoms with E-state index in [9.17, 15) is 4.79 Å². The Bertz CT molecular complexity index is 601. The second-order valence-electron chi connectivity index (χ2n) is 4.55. The molecule has 1 saturated heterocycles. The van der Waals surface area contributed by atoms with Gasteiger partial charge < -0.3 is 9.47 Å². The van der Waals surface area contributed by atoms with Crippen molar-refractivity contribution >= 4 is 21.6 Å². The predicted molar refractivity (Wildman–Crippen MR) is 73.4 cm³/mol. The van der Waals surface area contributed by atoms with Crippen LogP contribution in [0, 0.1) is 0 Å². The van der Waals surface area contributed by atoms with Crippen LogP contribution in [0.2, 0.25) is 0 Å². The molecule has 0 amide bonds. The molecule has 0 unspecified atom stereocenters. The Morgan fingerprint density at radius 2 is 2.47 bits per heavy atom. The van der Waals surface area contributed by atoms with Gasteiger partial charge in [0.2, 0.25) is 0 Å². The molecule has 6 heteroatoms. The van der Waals surface area contributed by atoms with E-state index in [1.807, 2.05) is 11.4 Å². The smallest absolute Gasteiger partial charge is 0.271 e. The van der Waals surface area contributed by atoms with E-state index in [-0.39, 0.29) is 11.8 Å². The lowest BCUT2D eigenvalue weighted by Crippen LogP contribution is -2.27. The molecular weight excluding hydrogens is 264 g/mol. The van der Waals surface area contributed by atoms with Gasteiger partial charge in [0.1, 0.15) is 4.70 Å². The molecule has 1 aliphatic heterocycles. The van der Waals surface area contributed by atoms with Crippen LogP contribution in [0.15, 0.2) is 22.6 Å². The number of hydrogen-bond acceptors (Lipinski definition) is 5. The third-order valence-electron chi connectivity index (χ3n) is 3.21. The van der Waals surface area contributed by atoms with Crippen molar-refractivity contribution < 1.29 is 9.47 Å². The summed E-state index contributed by atoms with van der Waals surface area (Å²) in [6.07, 6.45) is 4.67. The summed E-state index contributed by atoms with van der Waals surface area (Å²) in [4.78, 5) is 16.4. The summed E-state index contributed by atoms with van der Waals surface area (Å²) in [5, 5.41) is 1.88. The summed E-state index contributed by atoms with van der Waals surface area (Å²) < 4.78 is 13.4. The maximum absolute atomic E-state index is 12.1. The number of thiophene rings is 1. The molecule has 0 N–H and O–H groups in total. The van der Waals surface area contributed by atoms with Gasteiger partial charge in [-0.25, -0.2) is 4.98 Å². The van der Waals surface area contributed by atoms with Crippen molar-refractivity contribution in [2.45, 2.75) is 32.1 Å². The van der Waals surface area contributed by atoms with E-state index in [1.165, 1.54) is 11.3 Å². The van der Waals surface area contributed by atoms with Crippen molar-refractivity contribution in [2.24, 2.45) is 0 Å². The molecule has 1 fully saturated rings. The van der Waals surface area contributed by atoms with Gasteiger partial charge in [-0.15, -0.1) is 11.3 Å². The monoisotopic (exact) mass is 280 g/mol. The maximum atomic E-state index is 12.1. The fraction of sp³-hybridized carbons (Fsp3) is 0.538. The zero-order valence-electron chi connectivity index (χ0n) is 10.6. The molecule has 0 saturated carbocycles. The van der Waals surface area contributed by atoms with Crippen LogP contribution in [-0.4, -0.2) is 29.1 Å². The summed E-state index contributed by atoms with van der Waals surface area (Å²) in [6, 6.07) is 1.86. The molecule has 102 valence electrons. The molecule has 0 aliphatic carbocycles. The van der Waals surface area contributed by atoms with Crippen LogP contribution >= 0.6 is 11.3 Å². The molecule has 0 bridgehead atoms. The average molecular weight is 280 g/mol. The highest BCUT2D eigenvalue weighted by atomic mass is 32.1. The van der Waals surface area contributed by atoms with Crippen molar-refractivity contribution in [3.8, 4) is 0 Å². The highest BCUT2D eigenvalue weighted by molar-refractivity contribution is 7.17. The van der Waals surface area contributed by atoms with Crippen molar-refractivity contribution in [3.05, 3.63) is 28.1 Å². The Morgan fingerprint density at radius 3 is 3.32 bits per heavy atom. The molecule has 19 heavy (non-hydrogen) atoms. The van der Waals surface area contributed by atoms with Crippen LogP contribution in [0.1, 0.15) is 19.3 Å². The number of ether oxygens (including phenoxy) is 2. The lowest BCUT2D eigenvalue weighted by molar-refractivity contribution is -0.163. The van der Waals surface area contributed by atoms with Crippen molar-refractivity contribution in [2.75, 3.05) is 13.2 Å². The van der Waals surface area contributed by atoms with Gasteiger partial charge in [0.05, 0.1) is 25.0 Å². The first kappa shape index (κ1) is 12.8. The quantitative estimate of drug-likeness (QED) is 0.859. The maximum Gasteiger partial charge on any atom is 0.271 e. The van der Waals surface area contributed by atoms with E-state index in [2.05, 4.69) is 4.98 Å². The molecule has 2 aromatic heterocycles. The van der Waals surface area contributed by atoms with E-state index >= 15 is 0 Å². The molecule has 5 nitrogen and oxygen atoms in total. The number of fused-ring (bicyclic) bond motifs is 1. The van der Waals surface area contributed by atoms with Gasteiger partial charge in [-0.3, -0.25) is 9.36 Å². The van der Waals surface area contributed by atoms with Crippen LogP contribution in [0.25, 0.3) is 10.2 Å². The Balaban J connectivity index is 1.61. The lowest BCUT2D eigenvalue weighted by Gasteiger charge is -2.22. The van der Waals surface area contributed by atoms with E-state index in [0.29, 0.717) is 17.9 Å². The van der Waals surface area contributed by atoms with Crippen LogP contribution in [0.5, 0.6) is 0 Å². The zero-order chi connectivity index (χ0) is 13.1. The van der Waals surface area contributed by atoms with Gasteiger partial charge in [-0.05, 0) is 30.7 Å². The van der Waals surface area contributed by atoms with E-state index in [4.69, 9.17) is 9.47 Å². The van der Waals surface area contributed by atoms with Crippen molar-refractivity contribution in [1.29, 1.82) is 0 Å². The van der Waals surface area contributed by atoms with Crippen molar-refractivity contribution in [1.82, 2.24) is 9.55 Å². The molecule has 2 aromatic rings. The first-order valence-corrected chi connectivity index (χ1v) is 7.38. The number of nitrogens with zero attached hydrogens (tertiary/aromatic N) is 2. The molecule has 0 radical (unpaired) electrons. The van der Waals surface area contributed by atoms with Crippen LogP contribution in [0.4, 0.5) is 0 Å². The SMILES string of the molecule is O=c1c2sccc2ncn1CCO[C@@H]1CCCCO1. The fourth-order valence-electron chi connectivity index (χ4n) is 2.16. The minimum atomic E-state index is -0.108. The summed E-state index contributed by atoms with van der Waals surface area (Å²) in [6.45, 7) is 1.76. The van der Waals surface area contributed by atoms with E-state index in [1.54, 1.807) is 10.9 Å². The molecule has 1 aliphatic rings. The second-order valence-corrected chi connectivity index (χ2v) is 5.46. The average Bonchev–Trinajstić information content (AvgIpc) is 2.92. The molecule has 3 rings (SSSR count). The standard InChI is InChI=1S/C13H16N2O3S/c16-13-12-10(4-8-19-12)14-9-15(13)5-7-18-11-3-1-2-6-17-11/h4,8-9,11H,1-3,5-7H2/t11-/m1/s1. The normalized spacial score (nSPS) is 19.9. The minimum absolute atomic E-state index is 0.00756. The highest BCUT2D eigenvalue weighted by Crippen LogP contribution is 2.14. The Morgan fingerprint density at radius 1 is 1.53 bits per heavy atom. The summed E-state index contributed by atoms with van der Waals surface area (Å²) in [5.41, 5.74) is 0.774. The van der Waals surface area contributed by atoms with Gasteiger partial charge >= 0.3 is 0 Å². The molecular formula is C13H16N2O3S. The molecule has 0 spiro atoms. The highest BCUT2D eigenvalue weighted by Gasteiger charge is 2.14. The van der Waals surface area contributed by atoms with Gasteiger partial charge in [-0.1, -0.05) is 0 Å². The second kappa shape index (κ2) is 5.81. The van der Waals surface area contributed by atoms with Crippen LogP contribution in [-0.2, 0) is 16.0 Å². The topological polar surface area (TPSA) is 53.4 Å². The number of rotatable bonds is 4. The first-order chi connectivity index (χ1) is 9.34. The third-order valence-corrected chi connectivity index (χ3v) is 4.10. The van der Waals surface area contributed by atoms with Crippen molar-refractivity contribution in [3.63, 3.8) is 0 Å².